The van der Waals surface area contributed by atoms with Crippen LogP contribution in [0.25, 0.3) is 0 Å². The van der Waals surface area contributed by atoms with Gasteiger partial charge in [0.15, 0.2) is 5.82 Å². The molecule has 0 aliphatic carbocycles. The van der Waals surface area contributed by atoms with Crippen molar-refractivity contribution in [2.75, 3.05) is 13.2 Å². The number of benzene rings is 1. The van der Waals surface area contributed by atoms with Crippen LogP contribution in [0.1, 0.15) is 47.3 Å². The topological polar surface area (TPSA) is 129 Å². The van der Waals surface area contributed by atoms with Crippen LogP contribution in [0.4, 0.5) is 4.79 Å². The van der Waals surface area contributed by atoms with Gasteiger partial charge in [-0.05, 0) is 38.1 Å². The zero-order valence-electron chi connectivity index (χ0n) is 16.4. The molecule has 0 saturated carbocycles. The average Bonchev–Trinajstić information content (AvgIpc) is 3.19. The third-order valence-electron chi connectivity index (χ3n) is 3.78. The molecule has 1 aliphatic rings. The second kappa shape index (κ2) is 8.35. The molecular weight excluding hydrogens is 380 g/mol. The van der Waals surface area contributed by atoms with Crippen LogP contribution in [0.2, 0.25) is 0 Å². The largest absolute Gasteiger partial charge is 0.444 e. The zero-order valence-corrected chi connectivity index (χ0v) is 16.4. The first-order chi connectivity index (χ1) is 13.7. The number of hydrogen-bond acceptors (Lipinski definition) is 8. The maximum absolute atomic E-state index is 12.2. The first-order valence-corrected chi connectivity index (χ1v) is 9.09. The van der Waals surface area contributed by atoms with E-state index in [1.165, 1.54) is 4.80 Å². The standard InChI is InChI=1S/C18H22N6O5/c1-18(2,3)29-17(27)19-9-8-14-20-22-23(21-14)10-11-28-24-15(25)12-6-4-5-7-13(12)16(24)26/h4-7H,8-11H2,1-3H3,(H,19,27). The quantitative estimate of drug-likeness (QED) is 0.679. The molecule has 2 aromatic rings. The minimum Gasteiger partial charge on any atom is -0.444 e. The van der Waals surface area contributed by atoms with E-state index >= 15 is 0 Å². The molecule has 1 N–H and O–H groups in total. The number of hydroxylamine groups is 2. The van der Waals surface area contributed by atoms with Gasteiger partial charge in [0.1, 0.15) is 5.60 Å². The van der Waals surface area contributed by atoms with Crippen LogP contribution in [-0.2, 0) is 22.5 Å². The van der Waals surface area contributed by atoms with Crippen molar-refractivity contribution in [3.63, 3.8) is 0 Å². The molecule has 0 fully saturated rings. The molecule has 2 heterocycles. The first kappa shape index (κ1) is 20.4. The normalized spacial score (nSPS) is 13.6. The van der Waals surface area contributed by atoms with Gasteiger partial charge in [0.05, 0.1) is 24.3 Å². The number of ether oxygens (including phenoxy) is 1. The van der Waals surface area contributed by atoms with E-state index in [0.717, 1.165) is 5.06 Å². The highest BCUT2D eigenvalue weighted by Gasteiger charge is 2.36. The summed E-state index contributed by atoms with van der Waals surface area (Å²) in [7, 11) is 0. The van der Waals surface area contributed by atoms with E-state index in [-0.39, 0.29) is 13.2 Å². The summed E-state index contributed by atoms with van der Waals surface area (Å²) >= 11 is 0. The Labute approximate surface area is 166 Å². The Morgan fingerprint density at radius 1 is 1.14 bits per heavy atom. The predicted molar refractivity (Wildman–Crippen MR) is 98.7 cm³/mol. The van der Waals surface area contributed by atoms with Gasteiger partial charge in [0.2, 0.25) is 0 Å². The van der Waals surface area contributed by atoms with Gasteiger partial charge in [-0.15, -0.1) is 15.3 Å². The minimum absolute atomic E-state index is 0.0113. The molecule has 11 nitrogen and oxygen atoms in total. The maximum atomic E-state index is 12.2. The second-order valence-corrected chi connectivity index (χ2v) is 7.26. The number of tetrazole rings is 1. The number of carbonyl (C=O) groups excluding carboxylic acids is 3. The van der Waals surface area contributed by atoms with Crippen molar-refractivity contribution >= 4 is 17.9 Å². The van der Waals surface area contributed by atoms with Crippen molar-refractivity contribution in [3.05, 3.63) is 41.2 Å². The van der Waals surface area contributed by atoms with Crippen LogP contribution in [0.15, 0.2) is 24.3 Å². The molecule has 1 aromatic carbocycles. The summed E-state index contributed by atoms with van der Waals surface area (Å²) in [5.74, 6) is -0.557. The number of imide groups is 1. The fourth-order valence-electron chi connectivity index (χ4n) is 2.56. The molecule has 3 amide bonds. The van der Waals surface area contributed by atoms with Crippen LogP contribution >= 0.6 is 0 Å². The molecule has 0 saturated heterocycles. The number of nitrogens with one attached hydrogen (secondary N) is 1. The second-order valence-electron chi connectivity index (χ2n) is 7.26. The van der Waals surface area contributed by atoms with Gasteiger partial charge in [-0.1, -0.05) is 12.1 Å². The summed E-state index contributed by atoms with van der Waals surface area (Å²) in [6.07, 6.45) is -0.141. The molecule has 1 aliphatic heterocycles. The molecule has 0 atom stereocenters. The molecule has 1 aromatic heterocycles. The molecule has 0 unspecified atom stereocenters. The third kappa shape index (κ3) is 5.13. The van der Waals surface area contributed by atoms with Gasteiger partial charge < -0.3 is 10.1 Å². The maximum Gasteiger partial charge on any atom is 0.407 e. The Bertz CT molecular complexity index is 884. The molecule has 0 radical (unpaired) electrons. The number of alkyl carbamates (subject to hydrolysis) is 1. The SMILES string of the molecule is CC(C)(C)OC(=O)NCCc1nnn(CCON2C(=O)c3ccccc3C2=O)n1. The van der Waals surface area contributed by atoms with Gasteiger partial charge in [-0.2, -0.15) is 4.80 Å². The fraction of sp³-hybridized carbons (Fsp3) is 0.444. The van der Waals surface area contributed by atoms with E-state index in [1.54, 1.807) is 45.0 Å². The number of fused-ring (bicyclic) bond motifs is 1. The lowest BCUT2D eigenvalue weighted by atomic mass is 10.1. The summed E-state index contributed by atoms with van der Waals surface area (Å²) in [4.78, 5) is 42.6. The van der Waals surface area contributed by atoms with Crippen LogP contribution in [-0.4, -0.2) is 61.9 Å². The van der Waals surface area contributed by atoms with E-state index in [2.05, 4.69) is 20.7 Å². The Hall–Kier alpha value is -3.34. The van der Waals surface area contributed by atoms with Crippen LogP contribution in [0.3, 0.4) is 0 Å². The lowest BCUT2D eigenvalue weighted by molar-refractivity contribution is -0.0948. The molecule has 29 heavy (non-hydrogen) atoms. The van der Waals surface area contributed by atoms with Gasteiger partial charge in [0, 0.05) is 13.0 Å². The Morgan fingerprint density at radius 3 is 2.41 bits per heavy atom. The summed E-state index contributed by atoms with van der Waals surface area (Å²) in [6, 6.07) is 6.53. The van der Waals surface area contributed by atoms with E-state index in [4.69, 9.17) is 9.57 Å². The minimum atomic E-state index is -0.565. The van der Waals surface area contributed by atoms with E-state index in [1.807, 2.05) is 0 Å². The van der Waals surface area contributed by atoms with Gasteiger partial charge >= 0.3 is 6.09 Å². The van der Waals surface area contributed by atoms with Gasteiger partial charge in [-0.25, -0.2) is 4.79 Å². The van der Waals surface area contributed by atoms with Crippen molar-refractivity contribution in [2.24, 2.45) is 0 Å². The van der Waals surface area contributed by atoms with Gasteiger partial charge in [-0.3, -0.25) is 14.4 Å². The molecule has 0 spiro atoms. The monoisotopic (exact) mass is 402 g/mol. The molecule has 0 bridgehead atoms. The highest BCUT2D eigenvalue weighted by Crippen LogP contribution is 2.22. The van der Waals surface area contributed by atoms with Crippen LogP contribution in [0, 0.1) is 0 Å². The van der Waals surface area contributed by atoms with E-state index in [9.17, 15) is 14.4 Å². The Morgan fingerprint density at radius 2 is 1.79 bits per heavy atom. The number of nitrogens with zero attached hydrogens (tertiary/aromatic N) is 5. The third-order valence-corrected chi connectivity index (χ3v) is 3.78. The fourth-order valence-corrected chi connectivity index (χ4v) is 2.56. The van der Waals surface area contributed by atoms with Crippen molar-refractivity contribution in [2.45, 2.75) is 39.3 Å². The molecule has 3 rings (SSSR count). The smallest absolute Gasteiger partial charge is 0.407 e. The van der Waals surface area contributed by atoms with Crippen molar-refractivity contribution in [1.29, 1.82) is 0 Å². The molecular formula is C18H22N6O5. The Balaban J connectivity index is 1.42. The predicted octanol–water partition coefficient (Wildman–Crippen LogP) is 0.968. The van der Waals surface area contributed by atoms with Crippen molar-refractivity contribution in [3.8, 4) is 0 Å². The Kier molecular flexibility index (Phi) is 5.87. The first-order valence-electron chi connectivity index (χ1n) is 9.09. The van der Waals surface area contributed by atoms with Crippen molar-refractivity contribution < 1.29 is 24.0 Å². The number of carbonyl (C=O) groups is 3. The summed E-state index contributed by atoms with van der Waals surface area (Å²) in [6.45, 7) is 5.85. The summed E-state index contributed by atoms with van der Waals surface area (Å²) < 4.78 is 5.14. The van der Waals surface area contributed by atoms with Crippen LogP contribution < -0.4 is 5.32 Å². The zero-order chi connectivity index (χ0) is 21.0. The summed E-state index contributed by atoms with van der Waals surface area (Å²) in [5, 5.41) is 15.3. The van der Waals surface area contributed by atoms with Crippen molar-refractivity contribution in [1.82, 2.24) is 30.6 Å². The number of amides is 3. The average molecular weight is 402 g/mol. The number of aromatic nitrogens is 4. The number of rotatable bonds is 7. The lowest BCUT2D eigenvalue weighted by Crippen LogP contribution is -2.33. The van der Waals surface area contributed by atoms with Crippen LogP contribution in [0.5, 0.6) is 0 Å². The van der Waals surface area contributed by atoms with E-state index in [0.29, 0.717) is 29.9 Å². The number of hydrogen-bond donors (Lipinski definition) is 1. The van der Waals surface area contributed by atoms with E-state index < -0.39 is 23.5 Å². The summed E-state index contributed by atoms with van der Waals surface area (Å²) in [5.41, 5.74) is 0.0672. The molecule has 154 valence electrons. The molecule has 11 heteroatoms. The highest BCUT2D eigenvalue weighted by molar-refractivity contribution is 6.20. The highest BCUT2D eigenvalue weighted by atomic mass is 16.7. The lowest BCUT2D eigenvalue weighted by Gasteiger charge is -2.19. The van der Waals surface area contributed by atoms with Gasteiger partial charge in [0.25, 0.3) is 11.8 Å².